The molecule has 0 saturated carbocycles. The van der Waals surface area contributed by atoms with E-state index in [1.165, 1.54) is 0 Å². The second-order valence-corrected chi connectivity index (χ2v) is 7.00. The SMILES string of the molecule is CC(CN1CCOCC1)N(CC(=O)NC(=O)NCC(F)(F)F)Cc1ccccc1. The predicted octanol–water partition coefficient (Wildman–Crippen LogP) is 1.60. The van der Waals surface area contributed by atoms with E-state index in [1.807, 2.05) is 47.5 Å². The average molecular weight is 416 g/mol. The summed E-state index contributed by atoms with van der Waals surface area (Å²) in [6, 6.07) is 8.37. The van der Waals surface area contributed by atoms with Gasteiger partial charge >= 0.3 is 12.2 Å². The van der Waals surface area contributed by atoms with Gasteiger partial charge in [-0.05, 0) is 12.5 Å². The van der Waals surface area contributed by atoms with Crippen LogP contribution in [0.2, 0.25) is 0 Å². The maximum absolute atomic E-state index is 12.2. The summed E-state index contributed by atoms with van der Waals surface area (Å²) >= 11 is 0. The second kappa shape index (κ2) is 11.1. The lowest BCUT2D eigenvalue weighted by Crippen LogP contribution is -2.50. The number of ether oxygens (including phenoxy) is 1. The zero-order chi connectivity index (χ0) is 21.3. The van der Waals surface area contributed by atoms with Gasteiger partial charge in [0.1, 0.15) is 6.54 Å². The van der Waals surface area contributed by atoms with E-state index in [0.29, 0.717) is 26.3 Å². The Morgan fingerprint density at radius 1 is 1.21 bits per heavy atom. The van der Waals surface area contributed by atoms with Gasteiger partial charge in [0.25, 0.3) is 0 Å². The largest absolute Gasteiger partial charge is 0.405 e. The van der Waals surface area contributed by atoms with E-state index >= 15 is 0 Å². The Kier molecular flexibility index (Phi) is 8.87. The number of hydrogen-bond donors (Lipinski definition) is 2. The summed E-state index contributed by atoms with van der Waals surface area (Å²) in [4.78, 5) is 27.9. The number of alkyl halides is 3. The van der Waals surface area contributed by atoms with E-state index in [1.54, 1.807) is 5.32 Å². The molecule has 10 heteroatoms. The van der Waals surface area contributed by atoms with Gasteiger partial charge in [-0.25, -0.2) is 4.79 Å². The molecular formula is C19H27F3N4O3. The highest BCUT2D eigenvalue weighted by atomic mass is 19.4. The quantitative estimate of drug-likeness (QED) is 0.674. The third kappa shape index (κ3) is 9.25. The standard InChI is InChI=1S/C19H27F3N4O3/c1-15(11-25-7-9-29-10-8-25)26(12-16-5-3-2-4-6-16)13-17(27)24-18(28)23-14-19(20,21)22/h2-6,15H,7-14H2,1H3,(H2,23,24,27,28). The normalized spacial score (nSPS) is 16.4. The number of halogens is 3. The van der Waals surface area contributed by atoms with Gasteiger partial charge in [0.05, 0.1) is 19.8 Å². The number of imide groups is 1. The minimum absolute atomic E-state index is 0.0164. The van der Waals surface area contributed by atoms with Gasteiger partial charge in [0.2, 0.25) is 5.91 Å². The molecule has 0 aromatic heterocycles. The van der Waals surface area contributed by atoms with E-state index in [4.69, 9.17) is 4.74 Å². The first-order valence-electron chi connectivity index (χ1n) is 9.45. The lowest BCUT2D eigenvalue weighted by Gasteiger charge is -2.34. The van der Waals surface area contributed by atoms with Crippen molar-refractivity contribution < 1.29 is 27.5 Å². The van der Waals surface area contributed by atoms with Gasteiger partial charge in [-0.15, -0.1) is 0 Å². The molecule has 1 aromatic carbocycles. The molecule has 2 rings (SSSR count). The molecule has 0 bridgehead atoms. The molecule has 29 heavy (non-hydrogen) atoms. The van der Waals surface area contributed by atoms with Crippen LogP contribution < -0.4 is 10.6 Å². The minimum atomic E-state index is -4.54. The molecule has 0 radical (unpaired) electrons. The van der Waals surface area contributed by atoms with Crippen LogP contribution >= 0.6 is 0 Å². The zero-order valence-electron chi connectivity index (χ0n) is 16.4. The average Bonchev–Trinajstić information content (AvgIpc) is 2.67. The lowest BCUT2D eigenvalue weighted by molar-refractivity contribution is -0.125. The van der Waals surface area contributed by atoms with E-state index in [2.05, 4.69) is 4.90 Å². The van der Waals surface area contributed by atoms with Gasteiger partial charge in [0, 0.05) is 32.2 Å². The molecule has 7 nitrogen and oxygen atoms in total. The molecule has 1 fully saturated rings. The van der Waals surface area contributed by atoms with Crippen LogP contribution in [0.25, 0.3) is 0 Å². The first kappa shape index (κ1) is 23.1. The van der Waals surface area contributed by atoms with Crippen LogP contribution in [-0.4, -0.2) is 79.9 Å². The minimum Gasteiger partial charge on any atom is -0.379 e. The number of nitrogens with one attached hydrogen (secondary N) is 2. The summed E-state index contributed by atoms with van der Waals surface area (Å²) in [5.74, 6) is -0.658. The fourth-order valence-corrected chi connectivity index (χ4v) is 3.03. The topological polar surface area (TPSA) is 73.9 Å². The molecule has 162 valence electrons. The molecule has 3 amide bonds. The first-order valence-corrected chi connectivity index (χ1v) is 9.45. The number of rotatable bonds is 8. The highest BCUT2D eigenvalue weighted by Crippen LogP contribution is 2.12. The molecular weight excluding hydrogens is 389 g/mol. The maximum atomic E-state index is 12.2. The van der Waals surface area contributed by atoms with Crippen LogP contribution in [0.5, 0.6) is 0 Å². The van der Waals surface area contributed by atoms with Crippen LogP contribution in [0.3, 0.4) is 0 Å². The number of benzene rings is 1. The Labute approximate surface area is 168 Å². The number of hydrogen-bond acceptors (Lipinski definition) is 5. The molecule has 1 atom stereocenters. The second-order valence-electron chi connectivity index (χ2n) is 7.00. The molecule has 0 spiro atoms. The van der Waals surface area contributed by atoms with Crippen molar-refractivity contribution >= 4 is 11.9 Å². The summed E-state index contributed by atoms with van der Waals surface area (Å²) in [7, 11) is 0. The van der Waals surface area contributed by atoms with Crippen molar-refractivity contribution in [3.05, 3.63) is 35.9 Å². The summed E-state index contributed by atoms with van der Waals surface area (Å²) in [5, 5.41) is 3.60. The van der Waals surface area contributed by atoms with Gasteiger partial charge < -0.3 is 10.1 Å². The van der Waals surface area contributed by atoms with E-state index in [-0.39, 0.29) is 12.6 Å². The van der Waals surface area contributed by atoms with Crippen molar-refractivity contribution in [3.63, 3.8) is 0 Å². The number of carbonyl (C=O) groups excluding carboxylic acids is 2. The molecule has 1 heterocycles. The molecule has 1 saturated heterocycles. The van der Waals surface area contributed by atoms with E-state index < -0.39 is 24.7 Å². The summed E-state index contributed by atoms with van der Waals surface area (Å²) in [5.41, 5.74) is 0.996. The molecule has 1 aromatic rings. The zero-order valence-corrected chi connectivity index (χ0v) is 16.4. The third-order valence-corrected chi connectivity index (χ3v) is 4.53. The van der Waals surface area contributed by atoms with Crippen LogP contribution in [0, 0.1) is 0 Å². The molecule has 1 unspecified atom stereocenters. The Balaban J connectivity index is 1.94. The van der Waals surface area contributed by atoms with Crippen LogP contribution in [0.15, 0.2) is 30.3 Å². The first-order chi connectivity index (χ1) is 13.7. The fraction of sp³-hybridized carbons (Fsp3) is 0.579. The Morgan fingerprint density at radius 2 is 1.86 bits per heavy atom. The van der Waals surface area contributed by atoms with Crippen molar-refractivity contribution in [1.29, 1.82) is 0 Å². The van der Waals surface area contributed by atoms with Crippen LogP contribution in [-0.2, 0) is 16.1 Å². The monoisotopic (exact) mass is 416 g/mol. The molecule has 2 N–H and O–H groups in total. The highest BCUT2D eigenvalue weighted by molar-refractivity contribution is 5.95. The van der Waals surface area contributed by atoms with Crippen LogP contribution in [0.4, 0.5) is 18.0 Å². The number of carbonyl (C=O) groups is 2. The number of nitrogens with zero attached hydrogens (tertiary/aromatic N) is 2. The molecule has 1 aliphatic heterocycles. The third-order valence-electron chi connectivity index (χ3n) is 4.53. The van der Waals surface area contributed by atoms with Crippen molar-refractivity contribution in [2.24, 2.45) is 0 Å². The smallest absolute Gasteiger partial charge is 0.379 e. The number of urea groups is 1. The lowest BCUT2D eigenvalue weighted by atomic mass is 10.1. The van der Waals surface area contributed by atoms with Gasteiger partial charge in [0.15, 0.2) is 0 Å². The number of amides is 3. The van der Waals surface area contributed by atoms with E-state index in [0.717, 1.165) is 18.7 Å². The fourth-order valence-electron chi connectivity index (χ4n) is 3.03. The van der Waals surface area contributed by atoms with Gasteiger partial charge in [-0.2, -0.15) is 13.2 Å². The van der Waals surface area contributed by atoms with Crippen molar-refractivity contribution in [2.75, 3.05) is 45.9 Å². The van der Waals surface area contributed by atoms with Crippen molar-refractivity contribution in [1.82, 2.24) is 20.4 Å². The van der Waals surface area contributed by atoms with Crippen LogP contribution in [0.1, 0.15) is 12.5 Å². The summed E-state index contributed by atoms with van der Waals surface area (Å²) < 4.78 is 41.9. The highest BCUT2D eigenvalue weighted by Gasteiger charge is 2.28. The molecule has 0 aliphatic carbocycles. The Hall–Kier alpha value is -2.17. The maximum Gasteiger partial charge on any atom is 0.405 e. The molecule has 1 aliphatic rings. The summed E-state index contributed by atoms with van der Waals surface area (Å²) in [6.45, 7) is 4.48. The summed E-state index contributed by atoms with van der Waals surface area (Å²) in [6.07, 6.45) is -4.54. The number of morpholine rings is 1. The van der Waals surface area contributed by atoms with Crippen molar-refractivity contribution in [2.45, 2.75) is 25.7 Å². The Bertz CT molecular complexity index is 652. The van der Waals surface area contributed by atoms with E-state index in [9.17, 15) is 22.8 Å². The van der Waals surface area contributed by atoms with Gasteiger partial charge in [-0.3, -0.25) is 19.9 Å². The van der Waals surface area contributed by atoms with Crippen molar-refractivity contribution in [3.8, 4) is 0 Å². The Morgan fingerprint density at radius 3 is 2.48 bits per heavy atom. The van der Waals surface area contributed by atoms with Gasteiger partial charge in [-0.1, -0.05) is 30.3 Å². The predicted molar refractivity (Wildman–Crippen MR) is 101 cm³/mol.